The number of esters is 1. The Morgan fingerprint density at radius 3 is 2.46 bits per heavy atom. The molecule has 0 fully saturated rings. The van der Waals surface area contributed by atoms with Gasteiger partial charge in [-0.3, -0.25) is 9.59 Å². The van der Waals surface area contributed by atoms with Crippen molar-refractivity contribution in [2.24, 2.45) is 0 Å². The number of amides is 2. The van der Waals surface area contributed by atoms with Crippen LogP contribution in [0.4, 0.5) is 4.39 Å². The zero-order valence-corrected chi connectivity index (χ0v) is 13.5. The zero-order valence-electron chi connectivity index (χ0n) is 13.5. The maximum absolute atomic E-state index is 13.8. The molecular formula is C17H19FN2O4. The van der Waals surface area contributed by atoms with Gasteiger partial charge in [-0.25, -0.2) is 9.18 Å². The summed E-state index contributed by atoms with van der Waals surface area (Å²) >= 11 is 0. The first-order valence-corrected chi connectivity index (χ1v) is 7.21. The average molecular weight is 334 g/mol. The summed E-state index contributed by atoms with van der Waals surface area (Å²) in [6.07, 6.45) is 5.04. The number of methoxy groups -OCH3 is 1. The van der Waals surface area contributed by atoms with Crippen LogP contribution >= 0.6 is 0 Å². The number of terminal acetylenes is 1. The van der Waals surface area contributed by atoms with Crippen LogP contribution in [0.25, 0.3) is 0 Å². The number of ether oxygens (including phenoxy) is 1. The maximum Gasteiger partial charge on any atom is 0.329 e. The minimum Gasteiger partial charge on any atom is -0.467 e. The molecule has 24 heavy (non-hydrogen) atoms. The van der Waals surface area contributed by atoms with Crippen LogP contribution in [0.2, 0.25) is 0 Å². The highest BCUT2D eigenvalue weighted by atomic mass is 19.1. The molecule has 0 unspecified atom stereocenters. The van der Waals surface area contributed by atoms with E-state index in [-0.39, 0.29) is 18.4 Å². The predicted octanol–water partition coefficient (Wildman–Crippen LogP) is 0.554. The number of hydrogen-bond donors (Lipinski definition) is 2. The minimum atomic E-state index is -1.05. The minimum absolute atomic E-state index is 0.0646. The third-order valence-corrected chi connectivity index (χ3v) is 3.20. The summed E-state index contributed by atoms with van der Waals surface area (Å²) in [6.45, 7) is 1.24. The van der Waals surface area contributed by atoms with Crippen molar-refractivity contribution in [1.29, 1.82) is 0 Å². The first kappa shape index (κ1) is 19.2. The highest BCUT2D eigenvalue weighted by Gasteiger charge is 2.27. The van der Waals surface area contributed by atoms with E-state index < -0.39 is 35.7 Å². The van der Waals surface area contributed by atoms with Gasteiger partial charge < -0.3 is 15.4 Å². The van der Waals surface area contributed by atoms with Gasteiger partial charge in [-0.15, -0.1) is 12.3 Å². The number of benzene rings is 1. The lowest BCUT2D eigenvalue weighted by molar-refractivity contribution is -0.145. The van der Waals surface area contributed by atoms with E-state index in [1.54, 1.807) is 6.07 Å². The second-order valence-corrected chi connectivity index (χ2v) is 5.04. The van der Waals surface area contributed by atoms with Crippen molar-refractivity contribution in [2.75, 3.05) is 7.11 Å². The Balaban J connectivity index is 2.92. The fraction of sp³-hybridized carbons (Fsp3) is 0.353. The van der Waals surface area contributed by atoms with Crippen LogP contribution in [-0.4, -0.2) is 37.0 Å². The summed E-state index contributed by atoms with van der Waals surface area (Å²) < 4.78 is 18.3. The van der Waals surface area contributed by atoms with Crippen LogP contribution in [-0.2, 0) is 25.5 Å². The molecule has 0 spiro atoms. The van der Waals surface area contributed by atoms with Crippen molar-refractivity contribution in [1.82, 2.24) is 10.6 Å². The second kappa shape index (κ2) is 9.30. The van der Waals surface area contributed by atoms with Crippen LogP contribution < -0.4 is 10.6 Å². The third-order valence-electron chi connectivity index (χ3n) is 3.20. The molecule has 0 aliphatic rings. The van der Waals surface area contributed by atoms with Gasteiger partial charge >= 0.3 is 5.97 Å². The Hall–Kier alpha value is -2.88. The Morgan fingerprint density at radius 2 is 1.92 bits per heavy atom. The number of nitrogens with one attached hydrogen (secondary N) is 2. The smallest absolute Gasteiger partial charge is 0.329 e. The lowest BCUT2D eigenvalue weighted by Gasteiger charge is -2.21. The molecular weight excluding hydrogens is 315 g/mol. The van der Waals surface area contributed by atoms with Crippen LogP contribution in [0.5, 0.6) is 0 Å². The van der Waals surface area contributed by atoms with Crippen molar-refractivity contribution < 1.29 is 23.5 Å². The average Bonchev–Trinajstić information content (AvgIpc) is 2.54. The third kappa shape index (κ3) is 5.72. The van der Waals surface area contributed by atoms with Gasteiger partial charge in [-0.05, 0) is 11.6 Å². The molecule has 1 aromatic carbocycles. The van der Waals surface area contributed by atoms with E-state index in [4.69, 9.17) is 6.42 Å². The number of carbonyl (C=O) groups is 3. The van der Waals surface area contributed by atoms with Gasteiger partial charge in [0.2, 0.25) is 11.8 Å². The molecule has 0 saturated carbocycles. The Labute approximate surface area is 139 Å². The number of halogens is 1. The molecule has 0 saturated heterocycles. The Kier molecular flexibility index (Phi) is 7.43. The van der Waals surface area contributed by atoms with E-state index in [0.29, 0.717) is 0 Å². The topological polar surface area (TPSA) is 84.5 Å². The summed E-state index contributed by atoms with van der Waals surface area (Å²) in [6, 6.07) is 3.82. The molecule has 0 heterocycles. The van der Waals surface area contributed by atoms with Gasteiger partial charge in [0.05, 0.1) is 7.11 Å². The van der Waals surface area contributed by atoms with E-state index in [1.807, 2.05) is 0 Å². The normalized spacial score (nSPS) is 12.4. The summed E-state index contributed by atoms with van der Waals surface area (Å²) in [5, 5.41) is 4.86. The molecule has 0 bridgehead atoms. The Morgan fingerprint density at radius 1 is 1.25 bits per heavy atom. The second-order valence-electron chi connectivity index (χ2n) is 5.04. The van der Waals surface area contributed by atoms with E-state index >= 15 is 0 Å². The van der Waals surface area contributed by atoms with Crippen molar-refractivity contribution in [3.8, 4) is 12.3 Å². The van der Waals surface area contributed by atoms with Crippen LogP contribution in [0.15, 0.2) is 24.3 Å². The zero-order chi connectivity index (χ0) is 18.1. The molecule has 0 aliphatic carbocycles. The molecule has 7 heteroatoms. The van der Waals surface area contributed by atoms with E-state index in [2.05, 4.69) is 21.3 Å². The van der Waals surface area contributed by atoms with Gasteiger partial charge in [0.1, 0.15) is 17.9 Å². The van der Waals surface area contributed by atoms with Crippen molar-refractivity contribution in [2.45, 2.75) is 31.8 Å². The summed E-state index contributed by atoms with van der Waals surface area (Å²) in [4.78, 5) is 35.3. The SMILES string of the molecule is C#CC[C@H](NC(=O)[C@H](Cc1ccccc1F)NC(C)=O)C(=O)OC. The van der Waals surface area contributed by atoms with Crippen LogP contribution in [0, 0.1) is 18.2 Å². The lowest BCUT2D eigenvalue weighted by atomic mass is 10.0. The largest absolute Gasteiger partial charge is 0.467 e. The van der Waals surface area contributed by atoms with E-state index in [0.717, 1.165) is 0 Å². The molecule has 6 nitrogen and oxygen atoms in total. The van der Waals surface area contributed by atoms with Gasteiger partial charge in [0.15, 0.2) is 0 Å². The Bertz CT molecular complexity index is 654. The molecule has 1 aromatic rings. The van der Waals surface area contributed by atoms with Crippen molar-refractivity contribution in [3.05, 3.63) is 35.6 Å². The molecule has 2 atom stereocenters. The van der Waals surface area contributed by atoms with Crippen molar-refractivity contribution in [3.63, 3.8) is 0 Å². The van der Waals surface area contributed by atoms with E-state index in [9.17, 15) is 18.8 Å². The maximum atomic E-state index is 13.8. The standard InChI is InChI=1S/C17H19FN2O4/c1-4-7-14(17(23)24-3)20-16(22)15(19-11(2)21)10-12-8-5-6-9-13(12)18/h1,5-6,8-9,14-15H,7,10H2,2-3H3,(H,19,21)(H,20,22)/t14-,15-/m0/s1. The van der Waals surface area contributed by atoms with Crippen LogP contribution in [0.3, 0.4) is 0 Å². The number of hydrogen-bond acceptors (Lipinski definition) is 4. The number of carbonyl (C=O) groups excluding carboxylic acids is 3. The molecule has 2 N–H and O–H groups in total. The molecule has 0 aromatic heterocycles. The predicted molar refractivity (Wildman–Crippen MR) is 85.1 cm³/mol. The fourth-order valence-corrected chi connectivity index (χ4v) is 2.06. The highest BCUT2D eigenvalue weighted by Crippen LogP contribution is 2.10. The first-order valence-electron chi connectivity index (χ1n) is 7.21. The molecule has 0 radical (unpaired) electrons. The lowest BCUT2D eigenvalue weighted by Crippen LogP contribution is -2.52. The summed E-state index contributed by atoms with van der Waals surface area (Å²) in [7, 11) is 1.17. The van der Waals surface area contributed by atoms with Crippen LogP contribution in [0.1, 0.15) is 18.9 Å². The highest BCUT2D eigenvalue weighted by molar-refractivity contribution is 5.90. The monoisotopic (exact) mass is 334 g/mol. The first-order chi connectivity index (χ1) is 11.4. The van der Waals surface area contributed by atoms with Gasteiger partial charge in [-0.1, -0.05) is 18.2 Å². The summed E-state index contributed by atoms with van der Waals surface area (Å²) in [5.74, 6) is -0.0418. The van der Waals surface area contributed by atoms with E-state index in [1.165, 1.54) is 32.2 Å². The fourth-order valence-electron chi connectivity index (χ4n) is 2.06. The quantitative estimate of drug-likeness (QED) is 0.563. The molecule has 2 amide bonds. The molecule has 0 aliphatic heterocycles. The summed E-state index contributed by atoms with van der Waals surface area (Å²) in [5.41, 5.74) is 0.262. The van der Waals surface area contributed by atoms with Crippen molar-refractivity contribution >= 4 is 17.8 Å². The van der Waals surface area contributed by atoms with Gasteiger partial charge in [-0.2, -0.15) is 0 Å². The molecule has 128 valence electrons. The number of rotatable bonds is 7. The molecule has 1 rings (SSSR count). The van der Waals surface area contributed by atoms with Gasteiger partial charge in [0, 0.05) is 19.8 Å². The van der Waals surface area contributed by atoms with Gasteiger partial charge in [0.25, 0.3) is 0 Å².